The van der Waals surface area contributed by atoms with E-state index in [1.165, 1.54) is 6.42 Å². The highest BCUT2D eigenvalue weighted by atomic mass is 35.5. The van der Waals surface area contributed by atoms with Crippen molar-refractivity contribution in [2.24, 2.45) is 5.92 Å². The molecule has 6 nitrogen and oxygen atoms in total. The van der Waals surface area contributed by atoms with Gasteiger partial charge in [0.05, 0.1) is 7.11 Å². The highest BCUT2D eigenvalue weighted by Gasteiger charge is 2.16. The van der Waals surface area contributed by atoms with E-state index in [4.69, 9.17) is 9.26 Å². The van der Waals surface area contributed by atoms with E-state index in [1.807, 2.05) is 6.07 Å². The molecule has 3 rings (SSSR count). The molecule has 2 aromatic heterocycles. The first-order valence-corrected chi connectivity index (χ1v) is 6.89. The van der Waals surface area contributed by atoms with Gasteiger partial charge in [0.2, 0.25) is 17.6 Å². The predicted molar refractivity (Wildman–Crippen MR) is 80.6 cm³/mol. The lowest BCUT2D eigenvalue weighted by Crippen LogP contribution is -2.09. The van der Waals surface area contributed by atoms with Gasteiger partial charge in [0.1, 0.15) is 0 Å². The summed E-state index contributed by atoms with van der Waals surface area (Å²) in [4.78, 5) is 8.56. The first-order valence-electron chi connectivity index (χ1n) is 6.89. The van der Waals surface area contributed by atoms with E-state index in [1.54, 1.807) is 19.4 Å². The molecule has 1 atom stereocenters. The Kier molecular flexibility index (Phi) is 5.52. The molecule has 1 N–H and O–H groups in total. The number of ether oxygens (including phenoxy) is 1. The smallest absolute Gasteiger partial charge is 0.226 e. The fourth-order valence-electron chi connectivity index (χ4n) is 2.40. The molecular formula is C14H19ClN4O2. The summed E-state index contributed by atoms with van der Waals surface area (Å²) < 4.78 is 10.3. The third-order valence-corrected chi connectivity index (χ3v) is 3.60. The SMILES string of the molecule is COc1ccc(-c2noc(CCC3CCNC3)n2)cn1.Cl. The molecule has 0 radical (unpaired) electrons. The summed E-state index contributed by atoms with van der Waals surface area (Å²) in [5.74, 6) is 2.58. The van der Waals surface area contributed by atoms with Crippen LogP contribution in [0.15, 0.2) is 22.9 Å². The van der Waals surface area contributed by atoms with Crippen molar-refractivity contribution in [1.29, 1.82) is 0 Å². The van der Waals surface area contributed by atoms with Crippen molar-refractivity contribution in [3.63, 3.8) is 0 Å². The lowest BCUT2D eigenvalue weighted by Gasteiger charge is -2.03. The Morgan fingerprint density at radius 3 is 3.00 bits per heavy atom. The van der Waals surface area contributed by atoms with Gasteiger partial charge in [0.15, 0.2) is 0 Å². The quantitative estimate of drug-likeness (QED) is 0.912. The standard InChI is InChI=1S/C14H18N4O2.ClH/c1-19-12-5-3-11(9-16-12)14-17-13(20-18-14)4-2-10-6-7-15-8-10;/h3,5,9-10,15H,2,4,6-8H2,1H3;1H. The Hall–Kier alpha value is -1.66. The second kappa shape index (κ2) is 7.38. The summed E-state index contributed by atoms with van der Waals surface area (Å²) >= 11 is 0. The molecule has 2 aromatic rings. The maximum Gasteiger partial charge on any atom is 0.226 e. The number of rotatable bonds is 5. The molecule has 0 aromatic carbocycles. The molecular weight excluding hydrogens is 292 g/mol. The van der Waals surface area contributed by atoms with E-state index >= 15 is 0 Å². The minimum atomic E-state index is 0. The third kappa shape index (κ3) is 3.92. The molecule has 1 aliphatic heterocycles. The van der Waals surface area contributed by atoms with Crippen molar-refractivity contribution >= 4 is 12.4 Å². The lowest BCUT2D eigenvalue weighted by molar-refractivity contribution is 0.365. The molecule has 7 heteroatoms. The molecule has 0 saturated carbocycles. The van der Waals surface area contributed by atoms with Crippen LogP contribution in [-0.2, 0) is 6.42 Å². The van der Waals surface area contributed by atoms with Gasteiger partial charge in [-0.05, 0) is 37.9 Å². The number of pyridine rings is 1. The van der Waals surface area contributed by atoms with Crippen molar-refractivity contribution in [3.8, 4) is 17.3 Å². The Labute approximate surface area is 129 Å². The van der Waals surface area contributed by atoms with Crippen molar-refractivity contribution in [2.45, 2.75) is 19.3 Å². The van der Waals surface area contributed by atoms with Crippen LogP contribution in [0.3, 0.4) is 0 Å². The normalized spacial score (nSPS) is 17.5. The molecule has 0 aliphatic carbocycles. The summed E-state index contributed by atoms with van der Waals surface area (Å²) in [6, 6.07) is 3.66. The van der Waals surface area contributed by atoms with Crippen LogP contribution in [-0.4, -0.2) is 35.3 Å². The Balaban J connectivity index is 0.00000161. The molecule has 0 spiro atoms. The van der Waals surface area contributed by atoms with Gasteiger partial charge in [0, 0.05) is 24.2 Å². The fourth-order valence-corrected chi connectivity index (χ4v) is 2.40. The topological polar surface area (TPSA) is 73.1 Å². The zero-order chi connectivity index (χ0) is 13.8. The largest absolute Gasteiger partial charge is 0.481 e. The zero-order valence-corrected chi connectivity index (χ0v) is 12.7. The van der Waals surface area contributed by atoms with Gasteiger partial charge in [-0.15, -0.1) is 12.4 Å². The molecule has 0 bridgehead atoms. The minimum absolute atomic E-state index is 0. The van der Waals surface area contributed by atoms with E-state index in [-0.39, 0.29) is 12.4 Å². The molecule has 114 valence electrons. The number of halogens is 1. The van der Waals surface area contributed by atoms with Gasteiger partial charge >= 0.3 is 0 Å². The van der Waals surface area contributed by atoms with Gasteiger partial charge in [-0.25, -0.2) is 4.98 Å². The number of methoxy groups -OCH3 is 1. The Morgan fingerprint density at radius 2 is 2.33 bits per heavy atom. The predicted octanol–water partition coefficient (Wildman–Crippen LogP) is 2.10. The van der Waals surface area contributed by atoms with Gasteiger partial charge in [-0.1, -0.05) is 5.16 Å². The maximum atomic E-state index is 5.29. The van der Waals surface area contributed by atoms with Crippen molar-refractivity contribution < 1.29 is 9.26 Å². The summed E-state index contributed by atoms with van der Waals surface area (Å²) in [6.45, 7) is 2.22. The first kappa shape index (κ1) is 15.7. The van der Waals surface area contributed by atoms with E-state index in [0.717, 1.165) is 37.4 Å². The van der Waals surface area contributed by atoms with Gasteiger partial charge in [0.25, 0.3) is 0 Å². The number of aromatic nitrogens is 3. The highest BCUT2D eigenvalue weighted by molar-refractivity contribution is 5.85. The average molecular weight is 311 g/mol. The van der Waals surface area contributed by atoms with Crippen LogP contribution < -0.4 is 10.1 Å². The third-order valence-electron chi connectivity index (χ3n) is 3.60. The van der Waals surface area contributed by atoms with Gasteiger partial charge in [-0.2, -0.15) is 4.98 Å². The number of aryl methyl sites for hydroxylation is 1. The van der Waals surface area contributed by atoms with Crippen LogP contribution in [0.2, 0.25) is 0 Å². The monoisotopic (exact) mass is 310 g/mol. The van der Waals surface area contributed by atoms with E-state index in [2.05, 4.69) is 20.4 Å². The molecule has 3 heterocycles. The van der Waals surface area contributed by atoms with E-state index in [0.29, 0.717) is 17.6 Å². The lowest BCUT2D eigenvalue weighted by atomic mass is 10.0. The van der Waals surface area contributed by atoms with Crippen molar-refractivity contribution in [2.75, 3.05) is 20.2 Å². The summed E-state index contributed by atoms with van der Waals surface area (Å²) in [7, 11) is 1.59. The summed E-state index contributed by atoms with van der Waals surface area (Å²) in [5, 5.41) is 7.37. The van der Waals surface area contributed by atoms with Crippen molar-refractivity contribution in [3.05, 3.63) is 24.2 Å². The second-order valence-corrected chi connectivity index (χ2v) is 5.00. The number of nitrogens with zero attached hydrogens (tertiary/aromatic N) is 3. The first-order chi connectivity index (χ1) is 9.85. The minimum Gasteiger partial charge on any atom is -0.481 e. The van der Waals surface area contributed by atoms with Crippen LogP contribution in [0.25, 0.3) is 11.4 Å². The van der Waals surface area contributed by atoms with Crippen LogP contribution >= 0.6 is 12.4 Å². The summed E-state index contributed by atoms with van der Waals surface area (Å²) in [5.41, 5.74) is 0.836. The van der Waals surface area contributed by atoms with E-state index < -0.39 is 0 Å². The van der Waals surface area contributed by atoms with Crippen LogP contribution in [0.1, 0.15) is 18.7 Å². The molecule has 1 aliphatic rings. The number of nitrogens with one attached hydrogen (secondary N) is 1. The maximum absolute atomic E-state index is 5.29. The fraction of sp³-hybridized carbons (Fsp3) is 0.500. The van der Waals surface area contributed by atoms with E-state index in [9.17, 15) is 0 Å². The molecule has 1 saturated heterocycles. The van der Waals surface area contributed by atoms with Crippen LogP contribution in [0.5, 0.6) is 5.88 Å². The number of hydrogen-bond acceptors (Lipinski definition) is 6. The highest BCUT2D eigenvalue weighted by Crippen LogP contribution is 2.19. The van der Waals surface area contributed by atoms with Crippen LogP contribution in [0, 0.1) is 5.92 Å². The Morgan fingerprint density at radius 1 is 1.43 bits per heavy atom. The van der Waals surface area contributed by atoms with Gasteiger partial charge < -0.3 is 14.6 Å². The molecule has 0 amide bonds. The second-order valence-electron chi connectivity index (χ2n) is 5.00. The zero-order valence-electron chi connectivity index (χ0n) is 11.9. The summed E-state index contributed by atoms with van der Waals surface area (Å²) in [6.07, 6.45) is 4.86. The molecule has 1 unspecified atom stereocenters. The molecule has 1 fully saturated rings. The molecule has 21 heavy (non-hydrogen) atoms. The van der Waals surface area contributed by atoms with Crippen molar-refractivity contribution in [1.82, 2.24) is 20.4 Å². The van der Waals surface area contributed by atoms with Crippen LogP contribution in [0.4, 0.5) is 0 Å². The van der Waals surface area contributed by atoms with Gasteiger partial charge in [-0.3, -0.25) is 0 Å². The Bertz CT molecular complexity index is 552. The number of hydrogen-bond donors (Lipinski definition) is 1. The average Bonchev–Trinajstić information content (AvgIpc) is 3.17.